The molecule has 4 rings (SSSR count). The Morgan fingerprint density at radius 2 is 1.79 bits per heavy atom. The third kappa shape index (κ3) is 2.84. The number of carbonyl (C=O) groups excluding carboxylic acids is 1. The van der Waals surface area contributed by atoms with E-state index in [9.17, 15) is 13.2 Å². The van der Waals surface area contributed by atoms with Gasteiger partial charge in [-0.3, -0.25) is 8.98 Å². The smallest absolute Gasteiger partial charge is 0.309 e. The minimum atomic E-state index is -3.97. The summed E-state index contributed by atoms with van der Waals surface area (Å²) in [5, 5.41) is 0. The van der Waals surface area contributed by atoms with E-state index >= 15 is 0 Å². The molecule has 2 fully saturated rings. The van der Waals surface area contributed by atoms with Crippen LogP contribution in [0.1, 0.15) is 45.6 Å². The predicted molar refractivity (Wildman–Crippen MR) is 105 cm³/mol. The molecule has 152 valence electrons. The third-order valence-corrected chi connectivity index (χ3v) is 8.34. The van der Waals surface area contributed by atoms with Crippen LogP contribution < -0.4 is 0 Å². The fourth-order valence-electron chi connectivity index (χ4n) is 5.44. The maximum absolute atomic E-state index is 13.1. The normalized spacial score (nSPS) is 37.6. The Morgan fingerprint density at radius 3 is 2.46 bits per heavy atom. The Bertz CT molecular complexity index is 917. The van der Waals surface area contributed by atoms with E-state index in [1.165, 1.54) is 5.57 Å². The van der Waals surface area contributed by atoms with Crippen LogP contribution in [0.3, 0.4) is 0 Å². The van der Waals surface area contributed by atoms with Gasteiger partial charge in [-0.05, 0) is 51.2 Å². The molecule has 28 heavy (non-hydrogen) atoms. The van der Waals surface area contributed by atoms with Crippen LogP contribution >= 0.6 is 0 Å². The topological polar surface area (TPSA) is 69.7 Å². The second-order valence-electron chi connectivity index (χ2n) is 8.74. The zero-order chi connectivity index (χ0) is 20.3. The lowest BCUT2D eigenvalue weighted by atomic mass is 9.57. The summed E-state index contributed by atoms with van der Waals surface area (Å²) >= 11 is 0. The number of benzene rings is 1. The van der Waals surface area contributed by atoms with Crippen molar-refractivity contribution in [1.29, 1.82) is 0 Å². The molecule has 0 aromatic heterocycles. The van der Waals surface area contributed by atoms with Crippen LogP contribution in [0.25, 0.3) is 0 Å². The Hall–Kier alpha value is -1.66. The van der Waals surface area contributed by atoms with Crippen molar-refractivity contribution in [2.75, 3.05) is 0 Å². The molecule has 0 amide bonds. The number of hydrogen-bond acceptors (Lipinski definition) is 5. The lowest BCUT2D eigenvalue weighted by molar-refractivity contribution is -0.183. The van der Waals surface area contributed by atoms with Crippen LogP contribution in [-0.2, 0) is 23.8 Å². The zero-order valence-electron chi connectivity index (χ0n) is 16.8. The largest absolute Gasteiger partial charge is 0.455 e. The summed E-state index contributed by atoms with van der Waals surface area (Å²) in [5.74, 6) is -0.578. The van der Waals surface area contributed by atoms with Crippen LogP contribution in [0.4, 0.5) is 0 Å². The molecule has 0 bridgehead atoms. The number of hydrogen-bond donors (Lipinski definition) is 0. The number of aryl methyl sites for hydroxylation is 1. The van der Waals surface area contributed by atoms with Gasteiger partial charge in [0.2, 0.25) is 0 Å². The lowest BCUT2D eigenvalue weighted by Crippen LogP contribution is -2.61. The minimum Gasteiger partial charge on any atom is -0.455 e. The van der Waals surface area contributed by atoms with Crippen molar-refractivity contribution in [1.82, 2.24) is 0 Å². The molecule has 1 aliphatic heterocycles. The summed E-state index contributed by atoms with van der Waals surface area (Å²) in [7, 11) is -3.97. The average molecular weight is 405 g/mol. The second-order valence-corrected chi connectivity index (χ2v) is 10.3. The van der Waals surface area contributed by atoms with Gasteiger partial charge in [-0.25, -0.2) is 0 Å². The molecule has 0 radical (unpaired) electrons. The highest BCUT2D eigenvalue weighted by Crippen LogP contribution is 2.58. The van der Waals surface area contributed by atoms with Crippen LogP contribution in [0.15, 0.2) is 40.8 Å². The molecule has 6 atom stereocenters. The predicted octanol–water partition coefficient (Wildman–Crippen LogP) is 4.01. The molecule has 3 aliphatic rings. The number of allylic oxidation sites excluding steroid dienone is 1. The molecule has 0 N–H and O–H groups in total. The zero-order valence-corrected chi connectivity index (χ0v) is 17.7. The van der Waals surface area contributed by atoms with Gasteiger partial charge in [0, 0.05) is 11.8 Å². The summed E-state index contributed by atoms with van der Waals surface area (Å²) in [6.45, 7) is 7.85. The maximum atomic E-state index is 13.1. The highest BCUT2D eigenvalue weighted by molar-refractivity contribution is 7.86. The van der Waals surface area contributed by atoms with Crippen LogP contribution in [-0.4, -0.2) is 26.1 Å². The van der Waals surface area contributed by atoms with Gasteiger partial charge in [0.1, 0.15) is 6.10 Å². The minimum absolute atomic E-state index is 0.00886. The molecule has 0 unspecified atom stereocenters. The Labute approximate surface area is 167 Å². The number of rotatable bonds is 3. The van der Waals surface area contributed by atoms with Gasteiger partial charge in [-0.1, -0.05) is 43.2 Å². The summed E-state index contributed by atoms with van der Waals surface area (Å²) in [5.41, 5.74) is 1.26. The summed E-state index contributed by atoms with van der Waals surface area (Å²) in [6, 6.07) is 6.66. The van der Waals surface area contributed by atoms with Gasteiger partial charge in [0.05, 0.1) is 10.8 Å². The standard InChI is InChI=1S/C22H28O5S/c1-13-5-9-17(10-6-13)28(24,25)27-20-15(3)8-11-18-14(2)7-12-19-16(4)21(23)26-22(18,19)20/h5-7,9-10,15-16,18-20H,8,11-12H2,1-4H3/t15-,16+,18+,19+,20-,22-/m1/s1. The fraction of sp³-hybridized carbons (Fsp3) is 0.591. The molecule has 5 nitrogen and oxygen atoms in total. The van der Waals surface area contributed by atoms with Crippen molar-refractivity contribution >= 4 is 16.1 Å². The van der Waals surface area contributed by atoms with Gasteiger partial charge in [-0.15, -0.1) is 0 Å². The molecule has 1 aromatic carbocycles. The van der Waals surface area contributed by atoms with E-state index in [1.54, 1.807) is 24.3 Å². The van der Waals surface area contributed by atoms with E-state index in [2.05, 4.69) is 13.0 Å². The molecule has 1 saturated heterocycles. The lowest BCUT2D eigenvalue weighted by Gasteiger charge is -2.53. The van der Waals surface area contributed by atoms with Crippen molar-refractivity contribution in [3.05, 3.63) is 41.5 Å². The van der Waals surface area contributed by atoms with E-state index < -0.39 is 21.8 Å². The number of ether oxygens (including phenoxy) is 1. The van der Waals surface area contributed by atoms with Crippen molar-refractivity contribution < 1.29 is 22.1 Å². The van der Waals surface area contributed by atoms with Crippen molar-refractivity contribution in [2.45, 2.75) is 63.6 Å². The molecule has 1 spiro atoms. The van der Waals surface area contributed by atoms with E-state index in [0.717, 1.165) is 18.4 Å². The van der Waals surface area contributed by atoms with Gasteiger partial charge < -0.3 is 4.74 Å². The highest BCUT2D eigenvalue weighted by atomic mass is 32.2. The first-order valence-electron chi connectivity index (χ1n) is 10.1. The highest BCUT2D eigenvalue weighted by Gasteiger charge is 2.66. The molecule has 1 aromatic rings. The molecule has 2 aliphatic carbocycles. The van der Waals surface area contributed by atoms with Crippen molar-refractivity contribution in [3.63, 3.8) is 0 Å². The first-order chi connectivity index (χ1) is 13.2. The molecule has 1 saturated carbocycles. The first-order valence-corrected chi connectivity index (χ1v) is 11.5. The second kappa shape index (κ2) is 6.70. The molecular formula is C22H28O5S. The van der Waals surface area contributed by atoms with E-state index in [0.29, 0.717) is 6.42 Å². The Kier molecular flexibility index (Phi) is 4.70. The Morgan fingerprint density at radius 1 is 1.11 bits per heavy atom. The van der Waals surface area contributed by atoms with Crippen molar-refractivity contribution in [2.24, 2.45) is 23.7 Å². The maximum Gasteiger partial charge on any atom is 0.309 e. The quantitative estimate of drug-likeness (QED) is 0.432. The van der Waals surface area contributed by atoms with E-state index in [4.69, 9.17) is 8.92 Å². The third-order valence-electron chi connectivity index (χ3n) is 7.03. The van der Waals surface area contributed by atoms with Gasteiger partial charge >= 0.3 is 5.97 Å². The molecular weight excluding hydrogens is 376 g/mol. The summed E-state index contributed by atoms with van der Waals surface area (Å²) in [4.78, 5) is 12.7. The van der Waals surface area contributed by atoms with Crippen molar-refractivity contribution in [3.8, 4) is 0 Å². The number of esters is 1. The van der Waals surface area contributed by atoms with Gasteiger partial charge in [0.15, 0.2) is 5.60 Å². The van der Waals surface area contributed by atoms with E-state index in [-0.39, 0.29) is 34.5 Å². The Balaban J connectivity index is 1.77. The van der Waals surface area contributed by atoms with Crippen LogP contribution in [0.2, 0.25) is 0 Å². The first kappa shape index (κ1) is 19.6. The average Bonchev–Trinajstić information content (AvgIpc) is 2.89. The monoisotopic (exact) mass is 404 g/mol. The molecule has 1 heterocycles. The SMILES string of the molecule is CC1=CC[C@H]2[C@H](C)C(=O)O[C@@]23[C@H](OS(=O)(=O)c2ccc(C)cc2)[C@H](C)CC[C@@H]13. The van der Waals surface area contributed by atoms with E-state index in [1.807, 2.05) is 20.8 Å². The fourth-order valence-corrected chi connectivity index (χ4v) is 6.63. The molecule has 6 heteroatoms. The van der Waals surface area contributed by atoms with Crippen LogP contribution in [0.5, 0.6) is 0 Å². The van der Waals surface area contributed by atoms with Gasteiger partial charge in [-0.2, -0.15) is 8.42 Å². The number of carbonyl (C=O) groups is 1. The summed E-state index contributed by atoms with van der Waals surface area (Å²) < 4.78 is 38.1. The van der Waals surface area contributed by atoms with Gasteiger partial charge in [0.25, 0.3) is 10.1 Å². The summed E-state index contributed by atoms with van der Waals surface area (Å²) in [6.07, 6.45) is 3.94. The van der Waals surface area contributed by atoms with Crippen LogP contribution in [0, 0.1) is 30.6 Å².